The first-order valence-electron chi connectivity index (χ1n) is 21.3. The molecule has 1 aromatic heterocycles. The van der Waals surface area contributed by atoms with Crippen molar-refractivity contribution in [3.8, 4) is 0 Å². The van der Waals surface area contributed by atoms with Gasteiger partial charge in [-0.25, -0.2) is 0 Å². The number of carbonyl (C=O) groups is 8. The molecular formula is C42H60ClN11O8S2. The molecule has 0 aliphatic carbocycles. The second-order valence-electron chi connectivity index (χ2n) is 16.0. The Labute approximate surface area is 385 Å². The summed E-state index contributed by atoms with van der Waals surface area (Å²) in [6.45, 7) is 4.30. The smallest absolute Gasteiger partial charge is 0.246 e. The Bertz CT molecular complexity index is 1970. The molecule has 0 spiro atoms. The zero-order chi connectivity index (χ0) is 46.8. The van der Waals surface area contributed by atoms with Crippen molar-refractivity contribution in [2.24, 2.45) is 28.1 Å². The summed E-state index contributed by atoms with van der Waals surface area (Å²) in [5.41, 5.74) is 17.0. The number of thiophene rings is 1. The van der Waals surface area contributed by atoms with Gasteiger partial charge in [-0.2, -0.15) is 11.8 Å². The second-order valence-corrected chi connectivity index (χ2v) is 18.6. The Hall–Kier alpha value is -5.41. The number of hydrogen-bond donors (Lipinski definition) is 9. The number of guanidine groups is 1. The number of benzene rings is 1. The van der Waals surface area contributed by atoms with E-state index in [-0.39, 0.29) is 43.4 Å². The van der Waals surface area contributed by atoms with Crippen LogP contribution in [-0.2, 0) is 51.2 Å². The number of nitrogens with one attached hydrogen (secondary N) is 6. The Balaban J connectivity index is 1.62. The van der Waals surface area contributed by atoms with Crippen LogP contribution in [0.3, 0.4) is 0 Å². The molecule has 19 nitrogen and oxygen atoms in total. The summed E-state index contributed by atoms with van der Waals surface area (Å²) in [6, 6.07) is 3.23. The normalized spacial score (nSPS) is 23.2. The highest BCUT2D eigenvalue weighted by Crippen LogP contribution is 2.21. The number of likely N-dealkylation sites (tertiary alicyclic amines) is 1. The van der Waals surface area contributed by atoms with Crippen LogP contribution in [0.2, 0.25) is 5.02 Å². The molecule has 12 N–H and O–H groups in total. The van der Waals surface area contributed by atoms with Gasteiger partial charge in [-0.05, 0) is 72.9 Å². The van der Waals surface area contributed by atoms with E-state index in [4.69, 9.17) is 28.8 Å². The van der Waals surface area contributed by atoms with Crippen molar-refractivity contribution in [3.05, 3.63) is 57.2 Å². The lowest BCUT2D eigenvalue weighted by Gasteiger charge is -2.30. The van der Waals surface area contributed by atoms with Crippen molar-refractivity contribution in [3.63, 3.8) is 0 Å². The van der Waals surface area contributed by atoms with Crippen molar-refractivity contribution < 1.29 is 38.4 Å². The van der Waals surface area contributed by atoms with Crippen LogP contribution in [0.25, 0.3) is 0 Å². The third-order valence-electron chi connectivity index (χ3n) is 10.5. The highest BCUT2D eigenvalue weighted by Gasteiger charge is 2.39. The van der Waals surface area contributed by atoms with Gasteiger partial charge in [-0.1, -0.05) is 43.6 Å². The van der Waals surface area contributed by atoms with E-state index in [1.807, 2.05) is 5.38 Å². The van der Waals surface area contributed by atoms with E-state index >= 15 is 0 Å². The number of aliphatic imine (C=N–C) groups is 1. The van der Waals surface area contributed by atoms with Gasteiger partial charge in [0.25, 0.3) is 0 Å². The summed E-state index contributed by atoms with van der Waals surface area (Å²) in [5.74, 6) is -5.52. The molecule has 2 aliphatic heterocycles. The van der Waals surface area contributed by atoms with Crippen LogP contribution >= 0.6 is 34.7 Å². The van der Waals surface area contributed by atoms with Crippen molar-refractivity contribution in [1.29, 1.82) is 0 Å². The minimum Gasteiger partial charge on any atom is -0.370 e. The molecule has 3 unspecified atom stereocenters. The van der Waals surface area contributed by atoms with Crippen LogP contribution in [0.5, 0.6) is 0 Å². The van der Waals surface area contributed by atoms with Crippen molar-refractivity contribution in [1.82, 2.24) is 36.8 Å². The molecule has 64 heavy (non-hydrogen) atoms. The molecule has 6 atom stereocenters. The average molecular weight is 947 g/mol. The zero-order valence-electron chi connectivity index (χ0n) is 36.1. The van der Waals surface area contributed by atoms with Gasteiger partial charge in [-0.3, -0.25) is 43.3 Å². The molecule has 2 saturated heterocycles. The number of hydrogen-bond acceptors (Lipinski definition) is 11. The molecule has 22 heteroatoms. The fraction of sp³-hybridized carbons (Fsp3) is 0.548. The molecule has 3 heterocycles. The minimum atomic E-state index is -1.55. The molecule has 0 radical (unpaired) electrons. The number of thioether (sulfide) groups is 1. The third-order valence-corrected chi connectivity index (χ3v) is 12.8. The summed E-state index contributed by atoms with van der Waals surface area (Å²) in [5, 5.41) is 18.8. The maximum atomic E-state index is 14.3. The van der Waals surface area contributed by atoms with E-state index in [2.05, 4.69) is 36.9 Å². The summed E-state index contributed by atoms with van der Waals surface area (Å²) >= 11 is 8.75. The van der Waals surface area contributed by atoms with E-state index in [0.29, 0.717) is 61.5 Å². The monoisotopic (exact) mass is 945 g/mol. The fourth-order valence-corrected chi connectivity index (χ4v) is 9.02. The predicted molar refractivity (Wildman–Crippen MR) is 246 cm³/mol. The number of rotatable bonds is 14. The maximum Gasteiger partial charge on any atom is 0.246 e. The standard InChI is InChI=1S/C42H60ClN11O8S2/c1-24(2)35-40(61)51-30(22-33(44)55)37(58)52-31(41(62)54-17-5-9-32(54)39(60)47-15-3-4-16-48-42(45)46)23-63-18-7-10-34(56)49-28(20-25-11-13-26(43)14-12-25)36(57)50-29(38(59)53-35)21-27-8-6-19-64-27/h6,8,11-14,19,24,28-32,35H,3-5,7,9-10,15-18,20-23H2,1-2H3,(H2,44,55)(H,47,60)(H,49,56)(H,50,57)(H,51,61)(H,52,58)(H,53,59)(H4,45,46,48)/t28?,29-,30-,31?,32-,35?/m0/s1. The first-order valence-corrected chi connectivity index (χ1v) is 23.7. The molecule has 8 amide bonds. The van der Waals surface area contributed by atoms with E-state index in [1.165, 1.54) is 28.0 Å². The molecule has 350 valence electrons. The number of amides is 8. The van der Waals surface area contributed by atoms with E-state index in [0.717, 1.165) is 4.88 Å². The lowest BCUT2D eigenvalue weighted by Crippen LogP contribution is -2.61. The summed E-state index contributed by atoms with van der Waals surface area (Å²) in [6.07, 6.45) is 1.97. The van der Waals surface area contributed by atoms with Crippen molar-refractivity contribution in [2.75, 3.05) is 31.1 Å². The van der Waals surface area contributed by atoms with Gasteiger partial charge in [0.2, 0.25) is 47.3 Å². The highest BCUT2D eigenvalue weighted by atomic mass is 35.5. The molecule has 1 aromatic carbocycles. The highest BCUT2D eigenvalue weighted by molar-refractivity contribution is 7.99. The predicted octanol–water partition coefficient (Wildman–Crippen LogP) is -0.170. The fourth-order valence-electron chi connectivity index (χ4n) is 7.16. The number of carbonyl (C=O) groups excluding carboxylic acids is 8. The Morgan fingerprint density at radius 3 is 2.22 bits per heavy atom. The van der Waals surface area contributed by atoms with Gasteiger partial charge >= 0.3 is 0 Å². The molecule has 2 aliphatic rings. The van der Waals surface area contributed by atoms with Gasteiger partial charge in [0.15, 0.2) is 5.96 Å². The SMILES string of the molecule is CC(C)C1NC(=O)[C@H](Cc2cccs2)NC(=O)C(Cc2ccc(Cl)cc2)NC(=O)CCCSCC(C(=O)N2CCC[C@H]2C(=O)NCCCCN=C(N)N)NC(=O)[C@H](CC(N)=O)NC1=O. The van der Waals surface area contributed by atoms with Crippen molar-refractivity contribution in [2.45, 2.75) is 108 Å². The van der Waals surface area contributed by atoms with Crippen LogP contribution in [0.4, 0.5) is 0 Å². The average Bonchev–Trinajstić information content (AvgIpc) is 3.95. The zero-order valence-corrected chi connectivity index (χ0v) is 38.5. The van der Waals surface area contributed by atoms with Crippen LogP contribution in [-0.4, -0.2) is 126 Å². The van der Waals surface area contributed by atoms with Gasteiger partial charge in [0.05, 0.1) is 6.42 Å². The first kappa shape index (κ1) is 51.2. The number of nitrogens with two attached hydrogens (primary N) is 3. The number of unbranched alkanes of at least 4 members (excludes halogenated alkanes) is 1. The van der Waals surface area contributed by atoms with Crippen LogP contribution in [0.1, 0.15) is 69.2 Å². The topological polar surface area (TPSA) is 302 Å². The largest absolute Gasteiger partial charge is 0.370 e. The quantitative estimate of drug-likeness (QED) is 0.0681. The summed E-state index contributed by atoms with van der Waals surface area (Å²) in [7, 11) is 0. The van der Waals surface area contributed by atoms with Gasteiger partial charge in [0, 0.05) is 54.5 Å². The molecular weight excluding hydrogens is 886 g/mol. The van der Waals surface area contributed by atoms with Crippen LogP contribution < -0.4 is 49.1 Å². The first-order chi connectivity index (χ1) is 30.5. The van der Waals surface area contributed by atoms with Gasteiger partial charge in [-0.15, -0.1) is 11.3 Å². The summed E-state index contributed by atoms with van der Waals surface area (Å²) < 4.78 is 0. The molecule has 2 aromatic rings. The molecule has 0 bridgehead atoms. The Morgan fingerprint density at radius 1 is 0.859 bits per heavy atom. The molecule has 4 rings (SSSR count). The summed E-state index contributed by atoms with van der Waals surface area (Å²) in [4.78, 5) is 116. The van der Waals surface area contributed by atoms with Crippen molar-refractivity contribution >= 4 is 87.9 Å². The molecule has 0 saturated carbocycles. The second kappa shape index (κ2) is 25.8. The van der Waals surface area contributed by atoms with E-state index < -0.39 is 89.9 Å². The van der Waals surface area contributed by atoms with E-state index in [1.54, 1.807) is 50.2 Å². The minimum absolute atomic E-state index is 0.00456. The Kier molecular flexibility index (Phi) is 20.6. The van der Waals surface area contributed by atoms with Gasteiger partial charge < -0.3 is 54.0 Å². The number of halogens is 1. The lowest BCUT2D eigenvalue weighted by atomic mass is 10.0. The lowest BCUT2D eigenvalue weighted by molar-refractivity contribution is -0.141. The van der Waals surface area contributed by atoms with Gasteiger partial charge in [0.1, 0.15) is 36.3 Å². The Morgan fingerprint density at radius 2 is 1.55 bits per heavy atom. The van der Waals surface area contributed by atoms with Crippen LogP contribution in [0, 0.1) is 5.92 Å². The maximum absolute atomic E-state index is 14.3. The number of primary amides is 1. The third kappa shape index (κ3) is 16.6. The number of nitrogens with zero attached hydrogens (tertiary/aromatic N) is 2. The molecule has 2 fully saturated rings. The van der Waals surface area contributed by atoms with Crippen LogP contribution in [0.15, 0.2) is 46.8 Å². The van der Waals surface area contributed by atoms with E-state index in [9.17, 15) is 38.4 Å².